The maximum atomic E-state index is 11.8. The summed E-state index contributed by atoms with van der Waals surface area (Å²) in [5, 5.41) is 8.65. The number of carbonyl (C=O) groups excluding carboxylic acids is 1. The lowest BCUT2D eigenvalue weighted by Crippen LogP contribution is -2.50. The topological polar surface area (TPSA) is 44.1 Å². The summed E-state index contributed by atoms with van der Waals surface area (Å²) in [5.41, 5.74) is -0.151. The van der Waals surface area contributed by atoms with Crippen molar-refractivity contribution in [1.82, 2.24) is 4.90 Å². The van der Waals surface area contributed by atoms with Crippen LogP contribution in [0.15, 0.2) is 0 Å². The molecule has 0 bridgehead atoms. The van der Waals surface area contributed by atoms with E-state index in [1.165, 1.54) is 0 Å². The molecule has 3 nitrogen and oxygen atoms in total. The standard InChI is InChI=1S/C13H23ClN2O/c1-12(2,3)10-13(4,5)16(8-6-7-15)11(17)9-14/h6,8-10H2,1-5H3. The Morgan fingerprint density at radius 1 is 1.29 bits per heavy atom. The highest BCUT2D eigenvalue weighted by Gasteiger charge is 2.33. The second-order valence-corrected chi connectivity index (χ2v) is 6.40. The molecule has 0 unspecified atom stereocenters. The number of carbonyl (C=O) groups is 1. The van der Waals surface area contributed by atoms with Gasteiger partial charge in [0, 0.05) is 12.1 Å². The van der Waals surface area contributed by atoms with E-state index in [4.69, 9.17) is 16.9 Å². The van der Waals surface area contributed by atoms with Crippen molar-refractivity contribution in [3.8, 4) is 6.07 Å². The SMILES string of the molecule is CC(C)(C)CC(C)(C)N(CCC#N)C(=O)CCl. The van der Waals surface area contributed by atoms with Gasteiger partial charge in [-0.3, -0.25) is 4.79 Å². The Bertz CT molecular complexity index is 300. The zero-order chi connectivity index (χ0) is 13.7. The first-order valence-electron chi connectivity index (χ1n) is 5.87. The highest BCUT2D eigenvalue weighted by Crippen LogP contribution is 2.31. The maximum absolute atomic E-state index is 11.8. The molecule has 0 aliphatic carbocycles. The summed E-state index contributed by atoms with van der Waals surface area (Å²) < 4.78 is 0. The molecular formula is C13H23ClN2O. The van der Waals surface area contributed by atoms with Crippen LogP contribution in [0.3, 0.4) is 0 Å². The fourth-order valence-corrected chi connectivity index (χ4v) is 2.54. The van der Waals surface area contributed by atoms with Crippen LogP contribution < -0.4 is 0 Å². The zero-order valence-electron chi connectivity index (χ0n) is 11.5. The molecule has 17 heavy (non-hydrogen) atoms. The van der Waals surface area contributed by atoms with Gasteiger partial charge < -0.3 is 4.90 Å². The van der Waals surface area contributed by atoms with Crippen molar-refractivity contribution in [2.24, 2.45) is 5.41 Å². The number of amides is 1. The molecule has 0 saturated heterocycles. The average molecular weight is 259 g/mol. The van der Waals surface area contributed by atoms with Gasteiger partial charge in [0.1, 0.15) is 5.88 Å². The fourth-order valence-electron chi connectivity index (χ4n) is 2.39. The fraction of sp³-hybridized carbons (Fsp3) is 0.846. The number of halogens is 1. The zero-order valence-corrected chi connectivity index (χ0v) is 12.3. The Hall–Kier alpha value is -0.750. The van der Waals surface area contributed by atoms with Crippen molar-refractivity contribution in [1.29, 1.82) is 5.26 Å². The Balaban J connectivity index is 4.89. The van der Waals surface area contributed by atoms with Crippen molar-refractivity contribution in [2.45, 2.75) is 53.0 Å². The number of hydrogen-bond donors (Lipinski definition) is 0. The second kappa shape index (κ2) is 6.26. The van der Waals surface area contributed by atoms with Gasteiger partial charge in [-0.05, 0) is 25.7 Å². The van der Waals surface area contributed by atoms with E-state index in [1.54, 1.807) is 4.90 Å². The van der Waals surface area contributed by atoms with E-state index in [-0.39, 0.29) is 22.7 Å². The number of nitrogens with zero attached hydrogens (tertiary/aromatic N) is 2. The number of nitriles is 1. The molecule has 0 saturated carbocycles. The first-order valence-corrected chi connectivity index (χ1v) is 6.41. The summed E-state index contributed by atoms with van der Waals surface area (Å²) in [4.78, 5) is 13.6. The van der Waals surface area contributed by atoms with Crippen LogP contribution in [-0.4, -0.2) is 28.8 Å². The molecule has 1 amide bonds. The van der Waals surface area contributed by atoms with Crippen LogP contribution in [0.5, 0.6) is 0 Å². The number of hydrogen-bond acceptors (Lipinski definition) is 2. The van der Waals surface area contributed by atoms with Gasteiger partial charge in [0.25, 0.3) is 0 Å². The predicted octanol–water partition coefficient (Wildman–Crippen LogP) is 3.18. The average Bonchev–Trinajstić information content (AvgIpc) is 2.13. The first-order chi connectivity index (χ1) is 7.64. The lowest BCUT2D eigenvalue weighted by Gasteiger charge is -2.42. The summed E-state index contributed by atoms with van der Waals surface area (Å²) in [6, 6.07) is 2.08. The summed E-state index contributed by atoms with van der Waals surface area (Å²) in [5.74, 6) is -0.130. The summed E-state index contributed by atoms with van der Waals surface area (Å²) >= 11 is 5.63. The number of rotatable bonds is 5. The number of alkyl halides is 1. The van der Waals surface area contributed by atoms with E-state index < -0.39 is 0 Å². The van der Waals surface area contributed by atoms with E-state index >= 15 is 0 Å². The van der Waals surface area contributed by atoms with Gasteiger partial charge in [0.05, 0.1) is 12.5 Å². The Labute approximate surface area is 110 Å². The minimum absolute atomic E-state index is 0.0288. The molecule has 0 aromatic heterocycles. The van der Waals surface area contributed by atoms with Crippen LogP contribution in [0.4, 0.5) is 0 Å². The summed E-state index contributed by atoms with van der Waals surface area (Å²) in [7, 11) is 0. The van der Waals surface area contributed by atoms with Gasteiger partial charge in [-0.15, -0.1) is 11.6 Å². The molecule has 4 heteroatoms. The van der Waals surface area contributed by atoms with Gasteiger partial charge in [-0.2, -0.15) is 5.26 Å². The molecule has 0 radical (unpaired) electrons. The van der Waals surface area contributed by atoms with Crippen molar-refractivity contribution < 1.29 is 4.79 Å². The van der Waals surface area contributed by atoms with E-state index in [0.29, 0.717) is 13.0 Å². The molecule has 98 valence electrons. The van der Waals surface area contributed by atoms with Crippen molar-refractivity contribution in [3.05, 3.63) is 0 Å². The Morgan fingerprint density at radius 2 is 1.82 bits per heavy atom. The minimum atomic E-state index is -0.277. The van der Waals surface area contributed by atoms with Gasteiger partial charge in [0.2, 0.25) is 5.91 Å². The van der Waals surface area contributed by atoms with E-state index in [2.05, 4.69) is 26.8 Å². The molecule has 0 aromatic carbocycles. The second-order valence-electron chi connectivity index (χ2n) is 6.14. The van der Waals surface area contributed by atoms with Gasteiger partial charge in [-0.1, -0.05) is 20.8 Å². The van der Waals surface area contributed by atoms with E-state index in [0.717, 1.165) is 6.42 Å². The lowest BCUT2D eigenvalue weighted by molar-refractivity contribution is -0.134. The maximum Gasteiger partial charge on any atom is 0.237 e. The molecule has 0 aliphatic heterocycles. The van der Waals surface area contributed by atoms with Crippen molar-refractivity contribution >= 4 is 17.5 Å². The minimum Gasteiger partial charge on any atom is -0.335 e. The van der Waals surface area contributed by atoms with Gasteiger partial charge in [0.15, 0.2) is 0 Å². The van der Waals surface area contributed by atoms with Gasteiger partial charge >= 0.3 is 0 Å². The normalized spacial score (nSPS) is 12.1. The van der Waals surface area contributed by atoms with E-state index in [1.807, 2.05) is 13.8 Å². The third-order valence-electron chi connectivity index (χ3n) is 2.56. The van der Waals surface area contributed by atoms with Crippen LogP contribution in [-0.2, 0) is 4.79 Å². The third kappa shape index (κ3) is 5.93. The van der Waals surface area contributed by atoms with E-state index in [9.17, 15) is 4.79 Å². The monoisotopic (exact) mass is 258 g/mol. The Kier molecular flexibility index (Phi) is 5.98. The Morgan fingerprint density at radius 3 is 2.18 bits per heavy atom. The molecule has 0 aromatic rings. The molecule has 0 N–H and O–H groups in total. The highest BCUT2D eigenvalue weighted by atomic mass is 35.5. The summed E-state index contributed by atoms with van der Waals surface area (Å²) in [6.45, 7) is 10.9. The molecule has 0 spiro atoms. The molecule has 0 rings (SSSR count). The van der Waals surface area contributed by atoms with Crippen molar-refractivity contribution in [2.75, 3.05) is 12.4 Å². The lowest BCUT2D eigenvalue weighted by atomic mass is 9.80. The smallest absolute Gasteiger partial charge is 0.237 e. The van der Waals surface area contributed by atoms with Crippen LogP contribution in [0.25, 0.3) is 0 Å². The largest absolute Gasteiger partial charge is 0.335 e. The van der Waals surface area contributed by atoms with Crippen LogP contribution in [0.2, 0.25) is 0 Å². The van der Waals surface area contributed by atoms with Gasteiger partial charge in [-0.25, -0.2) is 0 Å². The summed E-state index contributed by atoms with van der Waals surface area (Å²) in [6.07, 6.45) is 1.21. The quantitative estimate of drug-likeness (QED) is 0.711. The first kappa shape index (κ1) is 16.2. The van der Waals surface area contributed by atoms with Crippen LogP contribution in [0, 0.1) is 16.7 Å². The predicted molar refractivity (Wildman–Crippen MR) is 70.8 cm³/mol. The molecule has 0 aliphatic rings. The van der Waals surface area contributed by atoms with Crippen molar-refractivity contribution in [3.63, 3.8) is 0 Å². The molecule has 0 atom stereocenters. The molecular weight excluding hydrogens is 236 g/mol. The molecule has 0 heterocycles. The third-order valence-corrected chi connectivity index (χ3v) is 2.78. The van der Waals surface area contributed by atoms with Crippen LogP contribution in [0.1, 0.15) is 47.5 Å². The van der Waals surface area contributed by atoms with Crippen LogP contribution >= 0.6 is 11.6 Å². The molecule has 0 fully saturated rings. The highest BCUT2D eigenvalue weighted by molar-refractivity contribution is 6.27.